The van der Waals surface area contributed by atoms with Gasteiger partial charge in [0.2, 0.25) is 5.91 Å². The zero-order chi connectivity index (χ0) is 17.7. The topological polar surface area (TPSA) is 45.2 Å². The third-order valence-corrected chi connectivity index (χ3v) is 5.14. The van der Waals surface area contributed by atoms with Gasteiger partial charge in [-0.2, -0.15) is 13.2 Å². The first-order valence-corrected chi connectivity index (χ1v) is 8.10. The summed E-state index contributed by atoms with van der Waals surface area (Å²) in [4.78, 5) is 17.8. The molecule has 1 aromatic heterocycles. The number of para-hydroxylation sites is 1. The van der Waals surface area contributed by atoms with Crippen molar-refractivity contribution in [2.75, 3.05) is 23.3 Å². The van der Waals surface area contributed by atoms with E-state index < -0.39 is 17.3 Å². The molecule has 2 aliphatic rings. The summed E-state index contributed by atoms with van der Waals surface area (Å²) >= 11 is 0. The average Bonchev–Trinajstić information content (AvgIpc) is 2.87. The Balaban J connectivity index is 1.63. The Morgan fingerprint density at radius 3 is 2.52 bits per heavy atom. The minimum Gasteiger partial charge on any atom is -0.370 e. The second-order valence-electron chi connectivity index (χ2n) is 6.44. The number of alkyl halides is 3. The van der Waals surface area contributed by atoms with Crippen LogP contribution in [-0.4, -0.2) is 24.0 Å². The molecule has 3 heterocycles. The molecule has 0 aliphatic carbocycles. The Hall–Kier alpha value is -2.57. The molecule has 130 valence electrons. The first kappa shape index (κ1) is 15.9. The van der Waals surface area contributed by atoms with E-state index >= 15 is 0 Å². The van der Waals surface area contributed by atoms with Crippen molar-refractivity contribution < 1.29 is 18.0 Å². The zero-order valence-corrected chi connectivity index (χ0v) is 13.3. The maximum atomic E-state index is 13.2. The quantitative estimate of drug-likeness (QED) is 0.857. The van der Waals surface area contributed by atoms with E-state index in [0.29, 0.717) is 25.9 Å². The summed E-state index contributed by atoms with van der Waals surface area (Å²) in [6, 6.07) is 10.5. The van der Waals surface area contributed by atoms with Gasteiger partial charge in [0.15, 0.2) is 5.69 Å². The van der Waals surface area contributed by atoms with Crippen LogP contribution in [0, 0.1) is 0 Å². The number of nitrogens with zero attached hydrogens (tertiary/aromatic N) is 2. The number of carbonyl (C=O) groups excluding carboxylic acids is 1. The molecule has 0 saturated carbocycles. The van der Waals surface area contributed by atoms with Crippen molar-refractivity contribution in [3.05, 3.63) is 53.9 Å². The molecule has 1 aromatic carbocycles. The first-order chi connectivity index (χ1) is 11.9. The molecule has 4 rings (SSSR count). The summed E-state index contributed by atoms with van der Waals surface area (Å²) in [5.41, 5.74) is 0.312. The number of aromatic nitrogens is 1. The second-order valence-corrected chi connectivity index (χ2v) is 6.44. The van der Waals surface area contributed by atoms with Crippen LogP contribution in [0.15, 0.2) is 42.6 Å². The van der Waals surface area contributed by atoms with Gasteiger partial charge >= 0.3 is 6.18 Å². The van der Waals surface area contributed by atoms with E-state index in [9.17, 15) is 18.0 Å². The summed E-state index contributed by atoms with van der Waals surface area (Å²) in [7, 11) is 0. The van der Waals surface area contributed by atoms with Gasteiger partial charge in [0.05, 0.1) is 11.1 Å². The predicted molar refractivity (Wildman–Crippen MR) is 87.4 cm³/mol. The molecule has 0 bridgehead atoms. The number of fused-ring (bicyclic) bond motifs is 2. The van der Waals surface area contributed by atoms with E-state index in [4.69, 9.17) is 0 Å². The third-order valence-electron chi connectivity index (χ3n) is 5.14. The van der Waals surface area contributed by atoms with Crippen LogP contribution in [0.3, 0.4) is 0 Å². The lowest BCUT2D eigenvalue weighted by Crippen LogP contribution is -2.47. The molecule has 2 aliphatic heterocycles. The Labute approximate surface area is 142 Å². The van der Waals surface area contributed by atoms with Crippen molar-refractivity contribution in [2.45, 2.75) is 24.4 Å². The normalized spacial score (nSPS) is 19.0. The third kappa shape index (κ3) is 2.45. The molecular weight excluding hydrogens is 331 g/mol. The molecule has 25 heavy (non-hydrogen) atoms. The highest BCUT2D eigenvalue weighted by Crippen LogP contribution is 2.46. The van der Waals surface area contributed by atoms with Crippen LogP contribution in [-0.2, 0) is 16.4 Å². The fraction of sp³-hybridized carbons (Fsp3) is 0.333. The smallest absolute Gasteiger partial charge is 0.370 e. The number of hydrogen-bond donors (Lipinski definition) is 1. The second kappa shape index (κ2) is 5.47. The number of piperidine rings is 1. The highest BCUT2D eigenvalue weighted by atomic mass is 19.4. The fourth-order valence-corrected chi connectivity index (χ4v) is 3.87. The van der Waals surface area contributed by atoms with E-state index in [1.165, 1.54) is 12.1 Å². The van der Waals surface area contributed by atoms with Crippen molar-refractivity contribution in [1.29, 1.82) is 0 Å². The van der Waals surface area contributed by atoms with Gasteiger partial charge in [-0.15, -0.1) is 0 Å². The van der Waals surface area contributed by atoms with Gasteiger partial charge in [-0.05, 0) is 36.6 Å². The summed E-state index contributed by atoms with van der Waals surface area (Å²) in [6.45, 7) is 0.743. The summed E-state index contributed by atoms with van der Waals surface area (Å²) in [5, 5.41) is 2.90. The van der Waals surface area contributed by atoms with Crippen LogP contribution in [0.25, 0.3) is 0 Å². The number of halogens is 3. The molecule has 1 spiro atoms. The molecule has 0 unspecified atom stereocenters. The van der Waals surface area contributed by atoms with Crippen molar-refractivity contribution in [3.63, 3.8) is 0 Å². The summed E-state index contributed by atoms with van der Waals surface area (Å²) in [5.74, 6) is -0.0596. The lowest BCUT2D eigenvalue weighted by Gasteiger charge is -2.39. The molecule has 1 fully saturated rings. The van der Waals surface area contributed by atoms with Crippen LogP contribution in [0.2, 0.25) is 0 Å². The van der Waals surface area contributed by atoms with E-state index in [0.717, 1.165) is 17.4 Å². The number of nitrogens with one attached hydrogen (secondary N) is 1. The molecule has 4 nitrogen and oxygen atoms in total. The standard InChI is InChI=1S/C18H16F3N3O/c19-18(20,21)15-14(6-3-9-22-15)24-10-7-17(8-11-24)12-4-1-2-5-13(12)23-16(17)25/h1-6,9H,7-8,10-11H2,(H,23,25). The Morgan fingerprint density at radius 2 is 1.80 bits per heavy atom. The number of rotatable bonds is 1. The number of carbonyl (C=O) groups is 1. The summed E-state index contributed by atoms with van der Waals surface area (Å²) < 4.78 is 39.6. The SMILES string of the molecule is O=C1Nc2ccccc2C12CCN(c1cccnc1C(F)(F)F)CC2. The number of pyridine rings is 1. The molecule has 0 atom stereocenters. The van der Waals surface area contributed by atoms with E-state index in [1.807, 2.05) is 24.3 Å². The van der Waals surface area contributed by atoms with Crippen molar-refractivity contribution in [2.24, 2.45) is 0 Å². The molecule has 1 saturated heterocycles. The highest BCUT2D eigenvalue weighted by Gasteiger charge is 2.49. The molecule has 1 amide bonds. The van der Waals surface area contributed by atoms with Crippen LogP contribution >= 0.6 is 0 Å². The lowest BCUT2D eigenvalue weighted by atomic mass is 9.73. The average molecular weight is 347 g/mol. The zero-order valence-electron chi connectivity index (χ0n) is 13.3. The van der Waals surface area contributed by atoms with Crippen molar-refractivity contribution in [1.82, 2.24) is 4.98 Å². The minimum atomic E-state index is -4.50. The van der Waals surface area contributed by atoms with Gasteiger partial charge in [0, 0.05) is 25.0 Å². The monoisotopic (exact) mass is 347 g/mol. The van der Waals surface area contributed by atoms with Gasteiger partial charge in [-0.3, -0.25) is 4.79 Å². The molecule has 7 heteroatoms. The maximum Gasteiger partial charge on any atom is 0.435 e. The van der Waals surface area contributed by atoms with Crippen LogP contribution < -0.4 is 10.2 Å². The van der Waals surface area contributed by atoms with Gasteiger partial charge in [-0.1, -0.05) is 18.2 Å². The Morgan fingerprint density at radius 1 is 1.08 bits per heavy atom. The molecule has 2 aromatic rings. The molecular formula is C18H16F3N3O. The Kier molecular flexibility index (Phi) is 3.49. The number of benzene rings is 1. The van der Waals surface area contributed by atoms with Crippen LogP contribution in [0.5, 0.6) is 0 Å². The van der Waals surface area contributed by atoms with E-state index in [-0.39, 0.29) is 11.6 Å². The summed E-state index contributed by atoms with van der Waals surface area (Å²) in [6.07, 6.45) is -2.40. The van der Waals surface area contributed by atoms with E-state index in [1.54, 1.807) is 4.90 Å². The van der Waals surface area contributed by atoms with Gasteiger partial charge in [0.1, 0.15) is 0 Å². The predicted octanol–water partition coefficient (Wildman–Crippen LogP) is 3.59. The van der Waals surface area contributed by atoms with Crippen LogP contribution in [0.1, 0.15) is 24.1 Å². The van der Waals surface area contributed by atoms with Crippen molar-refractivity contribution >= 4 is 17.3 Å². The molecule has 0 radical (unpaired) electrons. The first-order valence-electron chi connectivity index (χ1n) is 8.10. The number of amides is 1. The van der Waals surface area contributed by atoms with Gasteiger partial charge in [0.25, 0.3) is 0 Å². The lowest BCUT2D eigenvalue weighted by molar-refractivity contribution is -0.140. The fourth-order valence-electron chi connectivity index (χ4n) is 3.87. The van der Waals surface area contributed by atoms with Gasteiger partial charge < -0.3 is 10.2 Å². The largest absolute Gasteiger partial charge is 0.435 e. The van der Waals surface area contributed by atoms with Crippen molar-refractivity contribution in [3.8, 4) is 0 Å². The minimum absolute atomic E-state index is 0.0596. The number of hydrogen-bond acceptors (Lipinski definition) is 3. The molecule has 1 N–H and O–H groups in total. The van der Waals surface area contributed by atoms with Crippen LogP contribution in [0.4, 0.5) is 24.5 Å². The Bertz CT molecular complexity index is 826. The van der Waals surface area contributed by atoms with Gasteiger partial charge in [-0.25, -0.2) is 4.98 Å². The van der Waals surface area contributed by atoms with E-state index in [2.05, 4.69) is 10.3 Å². The maximum absolute atomic E-state index is 13.2. The highest BCUT2D eigenvalue weighted by molar-refractivity contribution is 6.06. The number of anilines is 2.